The van der Waals surface area contributed by atoms with E-state index in [-0.39, 0.29) is 5.60 Å². The summed E-state index contributed by atoms with van der Waals surface area (Å²) in [6, 6.07) is 0. The van der Waals surface area contributed by atoms with E-state index in [9.17, 15) is 0 Å². The molecule has 6 nitrogen and oxygen atoms in total. The van der Waals surface area contributed by atoms with Crippen LogP contribution in [0, 0.1) is 0 Å². The van der Waals surface area contributed by atoms with Gasteiger partial charge in [0.25, 0.3) is 0 Å². The highest BCUT2D eigenvalue weighted by Gasteiger charge is 2.43. The van der Waals surface area contributed by atoms with Gasteiger partial charge in [0.05, 0.1) is 39.1 Å². The SMILES string of the molecule is c1csc(CN2CCOCC3(CCC(CN4CCOCC4)O3)C2)n1. The quantitative estimate of drug-likeness (QED) is 0.811. The molecular formula is C17H27N3O3S. The van der Waals surface area contributed by atoms with E-state index in [1.807, 2.05) is 11.6 Å². The first kappa shape index (κ1) is 16.9. The minimum atomic E-state index is -0.134. The van der Waals surface area contributed by atoms with Gasteiger partial charge in [0.15, 0.2) is 0 Å². The molecule has 3 saturated heterocycles. The zero-order chi connectivity index (χ0) is 16.2. The molecule has 24 heavy (non-hydrogen) atoms. The van der Waals surface area contributed by atoms with Crippen molar-refractivity contribution in [2.24, 2.45) is 0 Å². The van der Waals surface area contributed by atoms with Crippen LogP contribution in [0.2, 0.25) is 0 Å². The minimum Gasteiger partial charge on any atom is -0.379 e. The second-order valence-electron chi connectivity index (χ2n) is 7.06. The normalized spacial score (nSPS) is 33.1. The van der Waals surface area contributed by atoms with Crippen LogP contribution in [0.1, 0.15) is 17.8 Å². The van der Waals surface area contributed by atoms with Crippen LogP contribution in [0.5, 0.6) is 0 Å². The van der Waals surface area contributed by atoms with Gasteiger partial charge in [0.2, 0.25) is 0 Å². The van der Waals surface area contributed by atoms with Crippen molar-refractivity contribution in [3.8, 4) is 0 Å². The molecule has 3 aliphatic heterocycles. The highest BCUT2D eigenvalue weighted by Crippen LogP contribution is 2.34. The molecule has 1 aromatic rings. The summed E-state index contributed by atoms with van der Waals surface area (Å²) in [5.41, 5.74) is -0.134. The number of hydrogen-bond acceptors (Lipinski definition) is 7. The van der Waals surface area contributed by atoms with Gasteiger partial charge in [-0.15, -0.1) is 11.3 Å². The van der Waals surface area contributed by atoms with E-state index in [2.05, 4.69) is 14.8 Å². The number of nitrogens with zero attached hydrogens (tertiary/aromatic N) is 3. The third kappa shape index (κ3) is 4.15. The average molecular weight is 353 g/mol. The number of morpholine rings is 1. The lowest BCUT2D eigenvalue weighted by molar-refractivity contribution is -0.0967. The topological polar surface area (TPSA) is 47.1 Å². The summed E-state index contributed by atoms with van der Waals surface area (Å²) in [7, 11) is 0. The smallest absolute Gasteiger partial charge is 0.107 e. The van der Waals surface area contributed by atoms with Crippen molar-refractivity contribution in [1.29, 1.82) is 0 Å². The highest BCUT2D eigenvalue weighted by molar-refractivity contribution is 7.09. The first-order valence-corrected chi connectivity index (χ1v) is 9.86. The van der Waals surface area contributed by atoms with Gasteiger partial charge in [0, 0.05) is 44.3 Å². The van der Waals surface area contributed by atoms with Gasteiger partial charge in [-0.2, -0.15) is 0 Å². The fraction of sp³-hybridized carbons (Fsp3) is 0.824. The van der Waals surface area contributed by atoms with Crippen molar-refractivity contribution >= 4 is 11.3 Å². The van der Waals surface area contributed by atoms with Crippen molar-refractivity contribution < 1.29 is 14.2 Å². The number of hydrogen-bond donors (Lipinski definition) is 0. The zero-order valence-electron chi connectivity index (χ0n) is 14.2. The lowest BCUT2D eigenvalue weighted by Crippen LogP contribution is -2.46. The highest BCUT2D eigenvalue weighted by atomic mass is 32.1. The van der Waals surface area contributed by atoms with Crippen molar-refractivity contribution in [3.05, 3.63) is 16.6 Å². The Morgan fingerprint density at radius 1 is 1.17 bits per heavy atom. The molecular weight excluding hydrogens is 326 g/mol. The number of thiazole rings is 1. The maximum atomic E-state index is 6.56. The molecule has 3 aliphatic rings. The molecule has 0 saturated carbocycles. The van der Waals surface area contributed by atoms with Crippen LogP contribution in [-0.4, -0.2) is 85.6 Å². The molecule has 2 unspecified atom stereocenters. The molecule has 2 atom stereocenters. The predicted molar refractivity (Wildman–Crippen MR) is 92.3 cm³/mol. The van der Waals surface area contributed by atoms with Gasteiger partial charge < -0.3 is 14.2 Å². The van der Waals surface area contributed by atoms with Gasteiger partial charge in [-0.05, 0) is 12.8 Å². The average Bonchev–Trinajstić information content (AvgIpc) is 3.18. The minimum absolute atomic E-state index is 0.134. The molecule has 4 rings (SSSR count). The molecule has 7 heteroatoms. The van der Waals surface area contributed by atoms with Crippen molar-refractivity contribution in [3.63, 3.8) is 0 Å². The first-order valence-electron chi connectivity index (χ1n) is 8.98. The van der Waals surface area contributed by atoms with E-state index >= 15 is 0 Å². The number of rotatable bonds is 4. The lowest BCUT2D eigenvalue weighted by atomic mass is 10.00. The van der Waals surface area contributed by atoms with Crippen LogP contribution in [0.15, 0.2) is 11.6 Å². The Kier molecular flexibility index (Phi) is 5.46. The Morgan fingerprint density at radius 3 is 2.83 bits per heavy atom. The van der Waals surface area contributed by atoms with Gasteiger partial charge in [-0.1, -0.05) is 0 Å². The van der Waals surface area contributed by atoms with E-state index in [1.165, 1.54) is 5.01 Å². The van der Waals surface area contributed by atoms with Crippen LogP contribution >= 0.6 is 11.3 Å². The molecule has 0 aromatic carbocycles. The van der Waals surface area contributed by atoms with Crippen molar-refractivity contribution in [2.45, 2.75) is 31.1 Å². The first-order chi connectivity index (χ1) is 11.8. The van der Waals surface area contributed by atoms with Crippen LogP contribution in [0.25, 0.3) is 0 Å². The fourth-order valence-corrected chi connectivity index (χ4v) is 4.62. The molecule has 0 N–H and O–H groups in total. The fourth-order valence-electron chi connectivity index (χ4n) is 3.96. The molecule has 0 bridgehead atoms. The summed E-state index contributed by atoms with van der Waals surface area (Å²) < 4.78 is 17.9. The van der Waals surface area contributed by atoms with Crippen LogP contribution in [0.3, 0.4) is 0 Å². The molecule has 134 valence electrons. The Balaban J connectivity index is 1.34. The summed E-state index contributed by atoms with van der Waals surface area (Å²) in [6.07, 6.45) is 4.43. The van der Waals surface area contributed by atoms with E-state index in [4.69, 9.17) is 14.2 Å². The summed E-state index contributed by atoms with van der Waals surface area (Å²) >= 11 is 1.73. The lowest BCUT2D eigenvalue weighted by Gasteiger charge is -2.33. The molecule has 0 radical (unpaired) electrons. The van der Waals surface area contributed by atoms with E-state index < -0.39 is 0 Å². The Labute approximate surface area is 147 Å². The third-order valence-electron chi connectivity index (χ3n) is 5.18. The summed E-state index contributed by atoms with van der Waals surface area (Å²) in [5, 5.41) is 3.22. The van der Waals surface area contributed by atoms with E-state index in [0.717, 1.165) is 78.5 Å². The van der Waals surface area contributed by atoms with E-state index in [0.29, 0.717) is 6.10 Å². The predicted octanol–water partition coefficient (Wildman–Crippen LogP) is 1.23. The largest absolute Gasteiger partial charge is 0.379 e. The molecule has 1 aromatic heterocycles. The number of aromatic nitrogens is 1. The van der Waals surface area contributed by atoms with Gasteiger partial charge in [-0.3, -0.25) is 9.80 Å². The Bertz CT molecular complexity index is 509. The van der Waals surface area contributed by atoms with Crippen LogP contribution < -0.4 is 0 Å². The van der Waals surface area contributed by atoms with Crippen LogP contribution in [-0.2, 0) is 20.8 Å². The van der Waals surface area contributed by atoms with E-state index in [1.54, 1.807) is 11.3 Å². The van der Waals surface area contributed by atoms with Gasteiger partial charge in [0.1, 0.15) is 10.6 Å². The third-order valence-corrected chi connectivity index (χ3v) is 5.94. The van der Waals surface area contributed by atoms with Gasteiger partial charge >= 0.3 is 0 Å². The van der Waals surface area contributed by atoms with Crippen LogP contribution in [0.4, 0.5) is 0 Å². The molecule has 3 fully saturated rings. The standard InChI is InChI=1S/C17H27N3O3S/c1-2-17(23-15(1)11-19-4-7-21-8-5-19)13-20(6-9-22-14-17)12-16-18-3-10-24-16/h3,10,15H,1-2,4-9,11-14H2. The molecule has 4 heterocycles. The maximum absolute atomic E-state index is 6.56. The monoisotopic (exact) mass is 353 g/mol. The maximum Gasteiger partial charge on any atom is 0.107 e. The molecule has 0 aliphatic carbocycles. The Hall–Kier alpha value is -0.570. The Morgan fingerprint density at radius 2 is 2.00 bits per heavy atom. The summed E-state index contributed by atoms with van der Waals surface area (Å²) in [6.45, 7) is 9.10. The molecule has 0 amide bonds. The second-order valence-corrected chi connectivity index (χ2v) is 8.04. The summed E-state index contributed by atoms with van der Waals surface area (Å²) in [4.78, 5) is 9.34. The molecule has 1 spiro atoms. The second kappa shape index (κ2) is 7.76. The van der Waals surface area contributed by atoms with Gasteiger partial charge in [-0.25, -0.2) is 4.98 Å². The van der Waals surface area contributed by atoms with Crippen molar-refractivity contribution in [1.82, 2.24) is 14.8 Å². The zero-order valence-corrected chi connectivity index (χ0v) is 15.0. The van der Waals surface area contributed by atoms with Crippen molar-refractivity contribution in [2.75, 3.05) is 59.2 Å². The number of ether oxygens (including phenoxy) is 3. The summed E-state index contributed by atoms with van der Waals surface area (Å²) in [5.74, 6) is 0.